The van der Waals surface area contributed by atoms with Crippen molar-refractivity contribution in [1.29, 1.82) is 0 Å². The lowest BCUT2D eigenvalue weighted by Gasteiger charge is -2.26. The summed E-state index contributed by atoms with van der Waals surface area (Å²) >= 11 is 6.21. The molecule has 0 aromatic heterocycles. The van der Waals surface area contributed by atoms with Gasteiger partial charge in [-0.2, -0.15) is 4.31 Å². The van der Waals surface area contributed by atoms with Crippen LogP contribution in [0.3, 0.4) is 0 Å². The van der Waals surface area contributed by atoms with Crippen molar-refractivity contribution in [3.63, 3.8) is 0 Å². The zero-order chi connectivity index (χ0) is 21.2. The Bertz CT molecular complexity index is 986. The lowest BCUT2D eigenvalue weighted by molar-refractivity contribution is 0.0735. The summed E-state index contributed by atoms with van der Waals surface area (Å²) in [7, 11) is -3.75. The molecule has 1 aliphatic heterocycles. The number of aryl methyl sites for hydroxylation is 1. The highest BCUT2D eigenvalue weighted by molar-refractivity contribution is 7.89. The smallest absolute Gasteiger partial charge is 0.254 e. The molecule has 2 aromatic rings. The second-order valence-corrected chi connectivity index (χ2v) is 9.62. The number of likely N-dealkylation sites (tertiary alicyclic amines) is 1. The van der Waals surface area contributed by atoms with Gasteiger partial charge in [0.05, 0.1) is 11.1 Å². The van der Waals surface area contributed by atoms with Crippen LogP contribution in [0.15, 0.2) is 47.4 Å². The molecule has 0 spiro atoms. The predicted molar refractivity (Wildman–Crippen MR) is 116 cm³/mol. The molecule has 29 heavy (non-hydrogen) atoms. The number of carbonyl (C=O) groups excluding carboxylic acids is 1. The third-order valence-electron chi connectivity index (χ3n) is 5.48. The van der Waals surface area contributed by atoms with Crippen LogP contribution in [0.2, 0.25) is 5.02 Å². The van der Waals surface area contributed by atoms with Crippen LogP contribution in [-0.4, -0.2) is 43.2 Å². The SMILES string of the molecule is CCN(CC)S(=O)(=O)c1cc(C(=O)N2CCCC2c2ccc(C)cc2)ccc1Cl. The molecule has 0 saturated carbocycles. The Hall–Kier alpha value is -1.89. The van der Waals surface area contributed by atoms with E-state index in [1.165, 1.54) is 22.0 Å². The Morgan fingerprint density at radius 1 is 1.14 bits per heavy atom. The second kappa shape index (κ2) is 8.86. The first-order valence-corrected chi connectivity index (χ1v) is 11.8. The van der Waals surface area contributed by atoms with Gasteiger partial charge in [-0.1, -0.05) is 55.3 Å². The van der Waals surface area contributed by atoms with E-state index in [1.54, 1.807) is 19.9 Å². The highest BCUT2D eigenvalue weighted by atomic mass is 35.5. The zero-order valence-corrected chi connectivity index (χ0v) is 18.6. The van der Waals surface area contributed by atoms with Crippen molar-refractivity contribution in [1.82, 2.24) is 9.21 Å². The van der Waals surface area contributed by atoms with Crippen LogP contribution < -0.4 is 0 Å². The van der Waals surface area contributed by atoms with Gasteiger partial charge in [0.15, 0.2) is 0 Å². The maximum absolute atomic E-state index is 13.3. The molecule has 7 heteroatoms. The van der Waals surface area contributed by atoms with Gasteiger partial charge in [0.1, 0.15) is 4.90 Å². The van der Waals surface area contributed by atoms with Gasteiger partial charge in [0, 0.05) is 25.2 Å². The number of nitrogens with zero attached hydrogens (tertiary/aromatic N) is 2. The average molecular weight is 435 g/mol. The largest absolute Gasteiger partial charge is 0.332 e. The molecule has 1 unspecified atom stereocenters. The second-order valence-electron chi connectivity index (χ2n) is 7.30. The Morgan fingerprint density at radius 3 is 2.41 bits per heavy atom. The number of halogens is 1. The van der Waals surface area contributed by atoms with Crippen molar-refractivity contribution >= 4 is 27.5 Å². The molecule has 1 atom stereocenters. The van der Waals surface area contributed by atoms with Crippen molar-refractivity contribution < 1.29 is 13.2 Å². The van der Waals surface area contributed by atoms with Crippen LogP contribution >= 0.6 is 11.6 Å². The number of sulfonamides is 1. The minimum absolute atomic E-state index is 0.00150. The molecule has 1 aliphatic rings. The summed E-state index contributed by atoms with van der Waals surface area (Å²) in [6.07, 6.45) is 1.81. The molecule has 0 aliphatic carbocycles. The summed E-state index contributed by atoms with van der Waals surface area (Å²) in [5.41, 5.74) is 2.62. The minimum atomic E-state index is -3.75. The molecule has 2 aromatic carbocycles. The molecule has 1 fully saturated rings. The fourth-order valence-electron chi connectivity index (χ4n) is 3.85. The van der Waals surface area contributed by atoms with Gasteiger partial charge in [0.25, 0.3) is 5.91 Å². The summed E-state index contributed by atoms with van der Waals surface area (Å²) in [6.45, 7) is 6.93. The predicted octanol–water partition coefficient (Wildman–Crippen LogP) is 4.66. The van der Waals surface area contributed by atoms with Crippen molar-refractivity contribution in [2.75, 3.05) is 19.6 Å². The molecule has 1 amide bonds. The number of rotatable bonds is 6. The Morgan fingerprint density at radius 2 is 1.79 bits per heavy atom. The quantitative estimate of drug-likeness (QED) is 0.664. The highest BCUT2D eigenvalue weighted by Gasteiger charge is 2.32. The van der Waals surface area contributed by atoms with E-state index in [0.29, 0.717) is 25.2 Å². The van der Waals surface area contributed by atoms with Crippen molar-refractivity contribution in [3.8, 4) is 0 Å². The molecule has 156 valence electrons. The van der Waals surface area contributed by atoms with Gasteiger partial charge >= 0.3 is 0 Å². The molecule has 1 heterocycles. The maximum Gasteiger partial charge on any atom is 0.254 e. The average Bonchev–Trinajstić information content (AvgIpc) is 3.18. The van der Waals surface area contributed by atoms with Gasteiger partial charge in [-0.3, -0.25) is 4.79 Å². The molecule has 1 saturated heterocycles. The zero-order valence-electron chi connectivity index (χ0n) is 17.1. The van der Waals surface area contributed by atoms with Gasteiger partial charge in [-0.05, 0) is 43.5 Å². The van der Waals surface area contributed by atoms with E-state index in [9.17, 15) is 13.2 Å². The fourth-order valence-corrected chi connectivity index (χ4v) is 5.81. The Balaban J connectivity index is 1.94. The van der Waals surface area contributed by atoms with Gasteiger partial charge in [0.2, 0.25) is 10.0 Å². The van der Waals surface area contributed by atoms with Crippen LogP contribution in [0.25, 0.3) is 0 Å². The van der Waals surface area contributed by atoms with E-state index in [1.807, 2.05) is 24.0 Å². The first kappa shape index (κ1) is 21.8. The van der Waals surface area contributed by atoms with Gasteiger partial charge < -0.3 is 4.90 Å². The molecular formula is C22H27ClN2O3S. The Kier molecular flexibility index (Phi) is 6.66. The highest BCUT2D eigenvalue weighted by Crippen LogP contribution is 2.34. The third-order valence-corrected chi connectivity index (χ3v) is 8.01. The first-order valence-electron chi connectivity index (χ1n) is 9.96. The topological polar surface area (TPSA) is 57.7 Å². The van der Waals surface area contributed by atoms with Gasteiger partial charge in [-0.15, -0.1) is 0 Å². The van der Waals surface area contributed by atoms with Crippen LogP contribution in [0.5, 0.6) is 0 Å². The van der Waals surface area contributed by atoms with E-state index in [-0.39, 0.29) is 21.9 Å². The molecule has 5 nitrogen and oxygen atoms in total. The molecule has 3 rings (SSSR count). The normalized spacial score (nSPS) is 17.1. The summed E-state index contributed by atoms with van der Waals surface area (Å²) in [5, 5.41) is 0.130. The fraction of sp³-hybridized carbons (Fsp3) is 0.409. The van der Waals surface area contributed by atoms with E-state index in [4.69, 9.17) is 11.6 Å². The monoisotopic (exact) mass is 434 g/mol. The van der Waals surface area contributed by atoms with Crippen molar-refractivity contribution in [2.45, 2.75) is 44.6 Å². The summed E-state index contributed by atoms with van der Waals surface area (Å²) < 4.78 is 27.2. The number of hydrogen-bond donors (Lipinski definition) is 0. The van der Waals surface area contributed by atoms with Crippen LogP contribution in [0.4, 0.5) is 0 Å². The lowest BCUT2D eigenvalue weighted by atomic mass is 10.0. The maximum atomic E-state index is 13.3. The molecule has 0 bridgehead atoms. The lowest BCUT2D eigenvalue weighted by Crippen LogP contribution is -2.32. The van der Waals surface area contributed by atoms with E-state index in [2.05, 4.69) is 12.1 Å². The number of carbonyl (C=O) groups is 1. The number of benzene rings is 2. The van der Waals surface area contributed by atoms with Crippen LogP contribution in [0.1, 0.15) is 54.2 Å². The number of amides is 1. The first-order chi connectivity index (χ1) is 13.8. The van der Waals surface area contributed by atoms with Gasteiger partial charge in [-0.25, -0.2) is 8.42 Å². The van der Waals surface area contributed by atoms with Crippen LogP contribution in [-0.2, 0) is 10.0 Å². The summed E-state index contributed by atoms with van der Waals surface area (Å²) in [6, 6.07) is 12.7. The summed E-state index contributed by atoms with van der Waals surface area (Å²) in [4.78, 5) is 15.1. The minimum Gasteiger partial charge on any atom is -0.332 e. The molecule has 0 radical (unpaired) electrons. The third kappa shape index (κ3) is 4.34. The standard InChI is InChI=1S/C22H27ClN2O3S/c1-4-24(5-2)29(27,28)21-15-18(12-13-19(21)23)22(26)25-14-6-7-20(25)17-10-8-16(3)9-11-17/h8-13,15,20H,4-7,14H2,1-3H3. The van der Waals surface area contributed by atoms with Crippen molar-refractivity contribution in [3.05, 3.63) is 64.2 Å². The van der Waals surface area contributed by atoms with Crippen LogP contribution in [0, 0.1) is 6.92 Å². The molecule has 0 N–H and O–H groups in total. The van der Waals surface area contributed by atoms with E-state index in [0.717, 1.165) is 18.4 Å². The van der Waals surface area contributed by atoms with E-state index < -0.39 is 10.0 Å². The Labute approximate surface area is 178 Å². The summed E-state index contributed by atoms with van der Waals surface area (Å²) in [5.74, 6) is -0.166. The molecular weight excluding hydrogens is 408 g/mol. The number of hydrogen-bond acceptors (Lipinski definition) is 3. The van der Waals surface area contributed by atoms with E-state index >= 15 is 0 Å². The van der Waals surface area contributed by atoms with Crippen molar-refractivity contribution in [2.24, 2.45) is 0 Å².